The van der Waals surface area contributed by atoms with E-state index in [1.807, 2.05) is 12.1 Å². The van der Waals surface area contributed by atoms with E-state index in [9.17, 15) is 9.90 Å². The molecule has 4 rings (SSSR count). The number of benzene rings is 2. The van der Waals surface area contributed by atoms with Crippen molar-refractivity contribution in [3.05, 3.63) is 69.5 Å². The highest BCUT2D eigenvalue weighted by Gasteiger charge is 2.20. The van der Waals surface area contributed by atoms with Gasteiger partial charge in [0, 0.05) is 24.1 Å². The standard InChI is InChI=1S/C20H18N2O3/c1-25-15-9-12-6-7-14(8-13(12)10-15)21-11-18-16-4-2-3-5-17(16)19(23)22-20(18)24/h2-8,11,15H,9-10H2,1H3,(H2,22,23,24). The van der Waals surface area contributed by atoms with E-state index in [1.54, 1.807) is 31.5 Å². The number of rotatable bonds is 3. The molecule has 1 aliphatic rings. The summed E-state index contributed by atoms with van der Waals surface area (Å²) < 4.78 is 5.43. The zero-order chi connectivity index (χ0) is 17.4. The maximum absolute atomic E-state index is 11.9. The smallest absolute Gasteiger partial charge is 0.258 e. The number of aromatic hydroxyl groups is 1. The lowest BCUT2D eigenvalue weighted by Crippen LogP contribution is -2.08. The van der Waals surface area contributed by atoms with Gasteiger partial charge in [0.2, 0.25) is 5.88 Å². The fraction of sp³-hybridized carbons (Fsp3) is 0.200. The second-order valence-electron chi connectivity index (χ2n) is 6.24. The molecule has 5 nitrogen and oxygen atoms in total. The summed E-state index contributed by atoms with van der Waals surface area (Å²) >= 11 is 0. The number of H-pyrrole nitrogens is 1. The zero-order valence-electron chi connectivity index (χ0n) is 13.8. The van der Waals surface area contributed by atoms with Crippen LogP contribution in [0.1, 0.15) is 16.7 Å². The highest BCUT2D eigenvalue weighted by Crippen LogP contribution is 2.28. The van der Waals surface area contributed by atoms with E-state index in [1.165, 1.54) is 11.1 Å². The van der Waals surface area contributed by atoms with Crippen LogP contribution in [0, 0.1) is 0 Å². The number of fused-ring (bicyclic) bond motifs is 2. The average molecular weight is 334 g/mol. The quantitative estimate of drug-likeness (QED) is 0.723. The summed E-state index contributed by atoms with van der Waals surface area (Å²) in [6.45, 7) is 0. The van der Waals surface area contributed by atoms with Crippen LogP contribution in [0.2, 0.25) is 0 Å². The minimum Gasteiger partial charge on any atom is -0.494 e. The van der Waals surface area contributed by atoms with Crippen LogP contribution in [0.3, 0.4) is 0 Å². The van der Waals surface area contributed by atoms with E-state index >= 15 is 0 Å². The number of aromatic nitrogens is 1. The molecular formula is C20H18N2O3. The first kappa shape index (κ1) is 15.6. The largest absolute Gasteiger partial charge is 0.494 e. The molecule has 3 aromatic rings. The molecule has 0 aliphatic heterocycles. The SMILES string of the molecule is COC1Cc2ccc(N=Cc3c(O)[nH]c(=O)c4ccccc34)cc2C1. The lowest BCUT2D eigenvalue weighted by atomic mass is 10.1. The molecule has 126 valence electrons. The highest BCUT2D eigenvalue weighted by molar-refractivity contribution is 6.01. The molecule has 1 heterocycles. The van der Waals surface area contributed by atoms with Crippen molar-refractivity contribution >= 4 is 22.7 Å². The van der Waals surface area contributed by atoms with Crippen molar-refractivity contribution in [2.45, 2.75) is 18.9 Å². The number of nitrogens with zero attached hydrogens (tertiary/aromatic N) is 1. The van der Waals surface area contributed by atoms with Gasteiger partial charge in [-0.05, 0) is 42.2 Å². The molecule has 5 heteroatoms. The number of methoxy groups -OCH3 is 1. The van der Waals surface area contributed by atoms with Crippen molar-refractivity contribution < 1.29 is 9.84 Å². The minimum absolute atomic E-state index is 0.173. The Morgan fingerprint density at radius 3 is 2.72 bits per heavy atom. The number of aliphatic imine (C=N–C) groups is 1. The normalized spacial score (nSPS) is 16.6. The van der Waals surface area contributed by atoms with Gasteiger partial charge < -0.3 is 9.84 Å². The van der Waals surface area contributed by atoms with E-state index in [0.717, 1.165) is 18.5 Å². The van der Waals surface area contributed by atoms with Gasteiger partial charge in [-0.2, -0.15) is 0 Å². The topological polar surface area (TPSA) is 74.7 Å². The van der Waals surface area contributed by atoms with Crippen LogP contribution in [-0.4, -0.2) is 29.5 Å². The van der Waals surface area contributed by atoms with Crippen LogP contribution >= 0.6 is 0 Å². The molecule has 0 spiro atoms. The minimum atomic E-state index is -0.312. The first-order valence-electron chi connectivity index (χ1n) is 8.18. The van der Waals surface area contributed by atoms with E-state index < -0.39 is 0 Å². The first-order valence-corrected chi connectivity index (χ1v) is 8.18. The molecule has 1 unspecified atom stereocenters. The van der Waals surface area contributed by atoms with Gasteiger partial charge in [0.05, 0.1) is 17.4 Å². The lowest BCUT2D eigenvalue weighted by Gasteiger charge is -2.04. The molecule has 0 saturated carbocycles. The Bertz CT molecular complexity index is 1040. The summed E-state index contributed by atoms with van der Waals surface area (Å²) in [6.07, 6.45) is 3.66. The average Bonchev–Trinajstić information content (AvgIpc) is 3.04. The third-order valence-electron chi connectivity index (χ3n) is 4.71. The van der Waals surface area contributed by atoms with Crippen molar-refractivity contribution in [1.29, 1.82) is 0 Å². The number of hydrogen-bond acceptors (Lipinski definition) is 4. The summed E-state index contributed by atoms with van der Waals surface area (Å²) in [5.41, 5.74) is 3.55. The van der Waals surface area contributed by atoms with Crippen LogP contribution in [-0.2, 0) is 17.6 Å². The van der Waals surface area contributed by atoms with Gasteiger partial charge in [0.15, 0.2) is 0 Å². The summed E-state index contributed by atoms with van der Waals surface area (Å²) in [5, 5.41) is 11.3. The summed E-state index contributed by atoms with van der Waals surface area (Å²) in [6, 6.07) is 13.2. The Hall–Kier alpha value is -2.92. The van der Waals surface area contributed by atoms with E-state index in [0.29, 0.717) is 16.3 Å². The summed E-state index contributed by atoms with van der Waals surface area (Å²) in [7, 11) is 1.74. The highest BCUT2D eigenvalue weighted by atomic mass is 16.5. The van der Waals surface area contributed by atoms with Crippen molar-refractivity contribution in [3.63, 3.8) is 0 Å². The zero-order valence-corrected chi connectivity index (χ0v) is 13.8. The van der Waals surface area contributed by atoms with Crippen molar-refractivity contribution in [2.75, 3.05) is 7.11 Å². The predicted octanol–water partition coefficient (Wildman–Crippen LogP) is 3.10. The van der Waals surface area contributed by atoms with Crippen molar-refractivity contribution in [2.24, 2.45) is 4.99 Å². The first-order chi connectivity index (χ1) is 12.2. The molecule has 0 radical (unpaired) electrons. The van der Waals surface area contributed by atoms with Gasteiger partial charge in [-0.3, -0.25) is 14.8 Å². The fourth-order valence-corrected chi connectivity index (χ4v) is 3.37. The maximum atomic E-state index is 11.9. The van der Waals surface area contributed by atoms with Gasteiger partial charge in [-0.15, -0.1) is 0 Å². The maximum Gasteiger partial charge on any atom is 0.258 e. The monoisotopic (exact) mass is 334 g/mol. The molecule has 1 aliphatic carbocycles. The Morgan fingerprint density at radius 2 is 1.92 bits per heavy atom. The molecule has 0 saturated heterocycles. The second kappa shape index (κ2) is 6.18. The van der Waals surface area contributed by atoms with E-state index in [-0.39, 0.29) is 17.5 Å². The predicted molar refractivity (Wildman–Crippen MR) is 98.1 cm³/mol. The summed E-state index contributed by atoms with van der Waals surface area (Å²) in [4.78, 5) is 18.9. The van der Waals surface area contributed by atoms with Gasteiger partial charge in [-0.25, -0.2) is 0 Å². The molecule has 2 N–H and O–H groups in total. The molecule has 2 aromatic carbocycles. The van der Waals surface area contributed by atoms with Crippen LogP contribution in [0.4, 0.5) is 5.69 Å². The number of hydrogen-bond donors (Lipinski definition) is 2. The Labute approximate surface area is 144 Å². The summed E-state index contributed by atoms with van der Waals surface area (Å²) in [5.74, 6) is -0.173. The molecule has 0 amide bonds. The van der Waals surface area contributed by atoms with Crippen LogP contribution in [0.5, 0.6) is 5.88 Å². The van der Waals surface area contributed by atoms with Gasteiger partial charge in [0.25, 0.3) is 5.56 Å². The molecule has 0 fully saturated rings. The number of nitrogens with one attached hydrogen (secondary N) is 1. The molecule has 25 heavy (non-hydrogen) atoms. The number of aromatic amines is 1. The van der Waals surface area contributed by atoms with Crippen molar-refractivity contribution in [3.8, 4) is 5.88 Å². The third-order valence-corrected chi connectivity index (χ3v) is 4.71. The Balaban J connectivity index is 1.72. The number of ether oxygens (including phenoxy) is 1. The van der Waals surface area contributed by atoms with E-state index in [2.05, 4.69) is 22.1 Å². The molecular weight excluding hydrogens is 316 g/mol. The van der Waals surface area contributed by atoms with Crippen LogP contribution in [0.25, 0.3) is 10.8 Å². The Kier molecular flexibility index (Phi) is 3.86. The van der Waals surface area contributed by atoms with Gasteiger partial charge in [-0.1, -0.05) is 24.3 Å². The van der Waals surface area contributed by atoms with Crippen LogP contribution < -0.4 is 5.56 Å². The fourth-order valence-electron chi connectivity index (χ4n) is 3.37. The van der Waals surface area contributed by atoms with Gasteiger partial charge in [0.1, 0.15) is 0 Å². The lowest BCUT2D eigenvalue weighted by molar-refractivity contribution is 0.112. The van der Waals surface area contributed by atoms with E-state index in [4.69, 9.17) is 4.74 Å². The molecule has 0 bridgehead atoms. The number of pyridine rings is 1. The second-order valence-corrected chi connectivity index (χ2v) is 6.24. The van der Waals surface area contributed by atoms with Crippen LogP contribution in [0.15, 0.2) is 52.3 Å². The molecule has 1 aromatic heterocycles. The molecule has 1 atom stereocenters. The van der Waals surface area contributed by atoms with Crippen molar-refractivity contribution in [1.82, 2.24) is 4.98 Å². The van der Waals surface area contributed by atoms with Gasteiger partial charge >= 0.3 is 0 Å². The third kappa shape index (κ3) is 2.83. The Morgan fingerprint density at radius 1 is 1.16 bits per heavy atom.